The number of azide groups is 1. The molecule has 0 aliphatic heterocycles. The average Bonchev–Trinajstić information content (AvgIpc) is 1.35. The molecule has 0 saturated heterocycles. The van der Waals surface area contributed by atoms with Crippen LogP contribution in [0.3, 0.4) is 0 Å². The molecular formula is C2H4N3O. The summed E-state index contributed by atoms with van der Waals surface area (Å²) >= 11 is 0. The summed E-state index contributed by atoms with van der Waals surface area (Å²) in [5.41, 5.74) is 7.51. The molecule has 0 unspecified atom stereocenters. The van der Waals surface area contributed by atoms with E-state index in [0.29, 0.717) is 0 Å². The van der Waals surface area contributed by atoms with Gasteiger partial charge in [-0.2, -0.15) is 0 Å². The second-order valence-electron chi connectivity index (χ2n) is 0.737. The molecule has 0 aromatic rings. The van der Waals surface area contributed by atoms with Crippen LogP contribution in [0.25, 0.3) is 10.4 Å². The Labute approximate surface area is 35.0 Å². The largest absolute Gasteiger partial charge is 0.381 e. The van der Waals surface area contributed by atoms with Crippen molar-refractivity contribution in [2.24, 2.45) is 5.11 Å². The first-order valence-electron chi connectivity index (χ1n) is 1.35. The van der Waals surface area contributed by atoms with Gasteiger partial charge in [0.2, 0.25) is 0 Å². The first-order chi connectivity index (χ1) is 2.77. The Kier molecular flexibility index (Phi) is 2.20. The quantitative estimate of drug-likeness (QED) is 0.290. The van der Waals surface area contributed by atoms with E-state index >= 15 is 0 Å². The molecule has 0 aromatic heterocycles. The molecule has 0 aliphatic carbocycles. The van der Waals surface area contributed by atoms with Crippen LogP contribution in [0.5, 0.6) is 0 Å². The van der Waals surface area contributed by atoms with Crippen LogP contribution in [0.2, 0.25) is 0 Å². The molecule has 0 saturated carbocycles. The van der Waals surface area contributed by atoms with E-state index in [-0.39, 0.29) is 6.23 Å². The van der Waals surface area contributed by atoms with Crippen LogP contribution in [0.4, 0.5) is 0 Å². The van der Waals surface area contributed by atoms with Crippen LogP contribution >= 0.6 is 0 Å². The third kappa shape index (κ3) is 3.27. The molecule has 0 fully saturated rings. The summed E-state index contributed by atoms with van der Waals surface area (Å²) < 4.78 is 0. The van der Waals surface area contributed by atoms with Gasteiger partial charge in [0.15, 0.2) is 6.23 Å². The Balaban J connectivity index is 3.29. The molecule has 4 nitrogen and oxygen atoms in total. The van der Waals surface area contributed by atoms with Crippen LogP contribution in [0.15, 0.2) is 5.11 Å². The van der Waals surface area contributed by atoms with Crippen LogP contribution in [0.1, 0.15) is 6.92 Å². The average molecular weight is 86.1 g/mol. The molecule has 4 heteroatoms. The van der Waals surface area contributed by atoms with E-state index in [1.807, 2.05) is 0 Å². The monoisotopic (exact) mass is 86.0 g/mol. The smallest absolute Gasteiger partial charge is 0.174 e. The van der Waals surface area contributed by atoms with Gasteiger partial charge in [0, 0.05) is 4.91 Å². The van der Waals surface area contributed by atoms with Gasteiger partial charge in [-0.1, -0.05) is 5.11 Å². The molecular weight excluding hydrogens is 82.0 g/mol. The molecule has 0 amide bonds. The molecule has 1 N–H and O–H groups in total. The molecule has 6 heavy (non-hydrogen) atoms. The lowest BCUT2D eigenvalue weighted by atomic mass is 10.7. The van der Waals surface area contributed by atoms with Crippen molar-refractivity contribution in [3.63, 3.8) is 0 Å². The first-order valence-corrected chi connectivity index (χ1v) is 1.35. The summed E-state index contributed by atoms with van der Waals surface area (Å²) in [6, 6.07) is 0. The maximum atomic E-state index is 8.05. The summed E-state index contributed by atoms with van der Waals surface area (Å²) in [6.07, 6.45) is -0.252. The zero-order valence-corrected chi connectivity index (χ0v) is 3.29. The van der Waals surface area contributed by atoms with E-state index in [9.17, 15) is 0 Å². The third-order valence-corrected chi connectivity index (χ3v) is 0.189. The normalized spacial score (nSPS) is 7.83. The number of rotatable bonds is 1. The van der Waals surface area contributed by atoms with Crippen molar-refractivity contribution < 1.29 is 5.11 Å². The number of nitrogens with zero attached hydrogens (tertiary/aromatic N) is 3. The van der Waals surface area contributed by atoms with E-state index < -0.39 is 0 Å². The number of hydrogen-bond donors (Lipinski definition) is 1. The molecule has 33 valence electrons. The van der Waals surface area contributed by atoms with Crippen LogP contribution in [-0.2, 0) is 0 Å². The molecule has 0 atom stereocenters. The molecule has 0 heterocycles. The molecule has 1 radical (unpaired) electrons. The van der Waals surface area contributed by atoms with Crippen LogP contribution in [0, 0.1) is 6.23 Å². The first kappa shape index (κ1) is 5.27. The van der Waals surface area contributed by atoms with Gasteiger partial charge in [0.25, 0.3) is 0 Å². The Morgan fingerprint density at radius 3 is 2.50 bits per heavy atom. The standard InChI is InChI=1S/C2H4N3O/c1-2(6)4-5-3/h6H,1H3. The van der Waals surface area contributed by atoms with Gasteiger partial charge in [0.05, 0.1) is 0 Å². The fraction of sp³-hybridized carbons (Fsp3) is 0.500. The fourth-order valence-corrected chi connectivity index (χ4v) is 0.0647. The fourth-order valence-electron chi connectivity index (χ4n) is 0.0647. The van der Waals surface area contributed by atoms with Crippen molar-refractivity contribution >= 4 is 0 Å². The van der Waals surface area contributed by atoms with Gasteiger partial charge in [-0.05, 0) is 12.5 Å². The van der Waals surface area contributed by atoms with E-state index in [1.165, 1.54) is 6.92 Å². The molecule has 0 aliphatic rings. The van der Waals surface area contributed by atoms with E-state index in [4.69, 9.17) is 10.6 Å². The Morgan fingerprint density at radius 1 is 2.00 bits per heavy atom. The Morgan fingerprint density at radius 2 is 2.50 bits per heavy atom. The van der Waals surface area contributed by atoms with Crippen molar-refractivity contribution in [3.05, 3.63) is 16.7 Å². The van der Waals surface area contributed by atoms with E-state index in [1.54, 1.807) is 0 Å². The van der Waals surface area contributed by atoms with Crippen molar-refractivity contribution in [2.45, 2.75) is 6.92 Å². The van der Waals surface area contributed by atoms with Gasteiger partial charge < -0.3 is 5.11 Å². The highest BCUT2D eigenvalue weighted by molar-refractivity contribution is 4.61. The minimum Gasteiger partial charge on any atom is -0.381 e. The third-order valence-electron chi connectivity index (χ3n) is 0.189. The SMILES string of the molecule is C[C](O)N=[N+]=[N-]. The lowest BCUT2D eigenvalue weighted by molar-refractivity contribution is 0.314. The predicted octanol–water partition coefficient (Wildman–Crippen LogP) is 1.18. The van der Waals surface area contributed by atoms with Crippen molar-refractivity contribution in [1.82, 2.24) is 0 Å². The topological polar surface area (TPSA) is 69.0 Å². The summed E-state index contributed by atoms with van der Waals surface area (Å²) in [6.45, 7) is 1.31. The van der Waals surface area contributed by atoms with Gasteiger partial charge >= 0.3 is 0 Å². The van der Waals surface area contributed by atoms with Gasteiger partial charge in [-0.3, -0.25) is 0 Å². The lowest BCUT2D eigenvalue weighted by Gasteiger charge is -1.80. The lowest BCUT2D eigenvalue weighted by Crippen LogP contribution is -1.74. The van der Waals surface area contributed by atoms with Crippen molar-refractivity contribution in [2.75, 3.05) is 0 Å². The zero-order chi connectivity index (χ0) is 4.99. The maximum absolute atomic E-state index is 8.05. The Bertz CT molecular complexity index is 72.9. The highest BCUT2D eigenvalue weighted by Gasteiger charge is 1.82. The summed E-state index contributed by atoms with van der Waals surface area (Å²) in [7, 11) is 0. The summed E-state index contributed by atoms with van der Waals surface area (Å²) in [4.78, 5) is 2.27. The molecule has 0 spiro atoms. The second-order valence-corrected chi connectivity index (χ2v) is 0.737. The summed E-state index contributed by atoms with van der Waals surface area (Å²) in [5.74, 6) is 0. The van der Waals surface area contributed by atoms with Gasteiger partial charge in [-0.15, -0.1) is 0 Å². The van der Waals surface area contributed by atoms with E-state index in [0.717, 1.165) is 0 Å². The number of hydrogen-bond acceptors (Lipinski definition) is 2. The zero-order valence-electron chi connectivity index (χ0n) is 3.29. The summed E-state index contributed by atoms with van der Waals surface area (Å²) in [5, 5.41) is 10.8. The van der Waals surface area contributed by atoms with Crippen molar-refractivity contribution in [3.8, 4) is 0 Å². The van der Waals surface area contributed by atoms with Gasteiger partial charge in [0.1, 0.15) is 0 Å². The minimum absolute atomic E-state index is 0.252. The van der Waals surface area contributed by atoms with Crippen LogP contribution < -0.4 is 0 Å². The molecule has 0 aromatic carbocycles. The highest BCUT2D eigenvalue weighted by atomic mass is 16.3. The van der Waals surface area contributed by atoms with E-state index in [2.05, 4.69) is 10.0 Å². The minimum atomic E-state index is -0.252. The number of aliphatic hydroxyl groups excluding tert-OH is 1. The Hall–Kier alpha value is -0.730. The molecule has 0 bridgehead atoms. The predicted molar refractivity (Wildman–Crippen MR) is 20.0 cm³/mol. The maximum Gasteiger partial charge on any atom is 0.174 e. The highest BCUT2D eigenvalue weighted by Crippen LogP contribution is 1.88. The molecule has 0 rings (SSSR count). The number of aliphatic hydroxyl groups is 1. The second kappa shape index (κ2) is 2.50. The van der Waals surface area contributed by atoms with Gasteiger partial charge in [-0.25, -0.2) is 0 Å². The van der Waals surface area contributed by atoms with Crippen LogP contribution in [-0.4, -0.2) is 5.11 Å². The van der Waals surface area contributed by atoms with Crippen molar-refractivity contribution in [1.29, 1.82) is 0 Å².